The quantitative estimate of drug-likeness (QED) is 0.684. The van der Waals surface area contributed by atoms with E-state index in [-0.39, 0.29) is 0 Å². The van der Waals surface area contributed by atoms with Crippen LogP contribution in [0.3, 0.4) is 0 Å². The summed E-state index contributed by atoms with van der Waals surface area (Å²) in [6.07, 6.45) is 0. The van der Waals surface area contributed by atoms with Gasteiger partial charge in [-0.1, -0.05) is 24.3 Å². The molecule has 3 heteroatoms. The first kappa shape index (κ1) is 8.94. The van der Waals surface area contributed by atoms with E-state index in [0.717, 1.165) is 17.2 Å². The number of benzene rings is 1. The maximum Gasteiger partial charge on any atom is 0.163 e. The molecule has 0 aliphatic rings. The van der Waals surface area contributed by atoms with E-state index >= 15 is 0 Å². The van der Waals surface area contributed by atoms with E-state index in [2.05, 4.69) is 29.3 Å². The summed E-state index contributed by atoms with van der Waals surface area (Å²) in [6.45, 7) is 4.04. The predicted octanol–water partition coefficient (Wildman–Crippen LogP) is 2.10. The molecule has 0 spiro atoms. The largest absolute Gasteiger partial charge is 0.314 e. The Morgan fingerprint density at radius 1 is 1.07 bits per heavy atom. The second kappa shape index (κ2) is 3.25. The first-order valence-corrected chi connectivity index (χ1v) is 4.62. The number of nitrogens with zero attached hydrogens (tertiary/aromatic N) is 3. The fourth-order valence-electron chi connectivity index (χ4n) is 1.47. The van der Waals surface area contributed by atoms with E-state index < -0.39 is 0 Å². The van der Waals surface area contributed by atoms with Gasteiger partial charge in [-0.3, -0.25) is 0 Å². The predicted molar refractivity (Wildman–Crippen MR) is 55.9 cm³/mol. The molecule has 0 aliphatic heterocycles. The second-order valence-corrected chi connectivity index (χ2v) is 3.44. The number of hydrogen-bond acceptors (Lipinski definition) is 2. The van der Waals surface area contributed by atoms with Crippen molar-refractivity contribution in [2.75, 3.05) is 0 Å². The highest BCUT2D eigenvalue weighted by molar-refractivity contribution is 5.59. The third kappa shape index (κ3) is 1.31. The molecule has 2 rings (SSSR count). The van der Waals surface area contributed by atoms with Gasteiger partial charge in [0.15, 0.2) is 5.82 Å². The molecule has 0 atom stereocenters. The van der Waals surface area contributed by atoms with Crippen LogP contribution in [0.1, 0.15) is 11.4 Å². The van der Waals surface area contributed by atoms with Crippen LogP contribution in [0.15, 0.2) is 24.3 Å². The molecule has 0 aliphatic carbocycles. The van der Waals surface area contributed by atoms with Crippen molar-refractivity contribution in [3.63, 3.8) is 0 Å². The summed E-state index contributed by atoms with van der Waals surface area (Å²) in [5.74, 6) is 1.86. The topological polar surface area (TPSA) is 30.7 Å². The zero-order valence-corrected chi connectivity index (χ0v) is 8.65. The van der Waals surface area contributed by atoms with Crippen LogP contribution in [0, 0.1) is 13.8 Å². The van der Waals surface area contributed by atoms with Crippen LogP contribution in [0.25, 0.3) is 11.4 Å². The smallest absolute Gasteiger partial charge is 0.163 e. The summed E-state index contributed by atoms with van der Waals surface area (Å²) >= 11 is 0. The third-order valence-electron chi connectivity index (χ3n) is 2.48. The summed E-state index contributed by atoms with van der Waals surface area (Å²) in [4.78, 5) is 0. The van der Waals surface area contributed by atoms with Crippen LogP contribution in [0.2, 0.25) is 0 Å². The van der Waals surface area contributed by atoms with E-state index in [1.807, 2.05) is 30.7 Å². The summed E-state index contributed by atoms with van der Waals surface area (Å²) in [7, 11) is 1.98. The minimum atomic E-state index is 0.931. The lowest BCUT2D eigenvalue weighted by atomic mass is 10.1. The van der Waals surface area contributed by atoms with Crippen LogP contribution in [-0.2, 0) is 7.05 Å². The van der Waals surface area contributed by atoms with Crippen LogP contribution < -0.4 is 0 Å². The first-order chi connectivity index (χ1) is 6.70. The standard InChI is InChI=1S/C11H13N3/c1-8-6-4-5-7-10(8)11-13-12-9(2)14(11)3/h4-7H,1-3H3. The molecule has 72 valence electrons. The van der Waals surface area contributed by atoms with Gasteiger partial charge >= 0.3 is 0 Å². The summed E-state index contributed by atoms with van der Waals surface area (Å²) in [5.41, 5.74) is 2.37. The van der Waals surface area contributed by atoms with E-state index in [0.29, 0.717) is 0 Å². The van der Waals surface area contributed by atoms with Gasteiger partial charge in [-0.15, -0.1) is 10.2 Å². The zero-order valence-electron chi connectivity index (χ0n) is 8.65. The molecule has 0 unspecified atom stereocenters. The molecule has 1 aromatic heterocycles. The average molecular weight is 187 g/mol. The Labute approximate surface area is 83.4 Å². The van der Waals surface area contributed by atoms with E-state index in [4.69, 9.17) is 0 Å². The van der Waals surface area contributed by atoms with Crippen molar-refractivity contribution in [2.45, 2.75) is 13.8 Å². The third-order valence-corrected chi connectivity index (χ3v) is 2.48. The van der Waals surface area contributed by atoms with Gasteiger partial charge in [-0.05, 0) is 19.4 Å². The molecule has 0 radical (unpaired) electrons. The van der Waals surface area contributed by atoms with Gasteiger partial charge in [0.1, 0.15) is 5.82 Å². The van der Waals surface area contributed by atoms with Gasteiger partial charge in [0.25, 0.3) is 0 Å². The van der Waals surface area contributed by atoms with Crippen LogP contribution >= 0.6 is 0 Å². The minimum Gasteiger partial charge on any atom is -0.314 e. The van der Waals surface area contributed by atoms with Crippen LogP contribution in [0.5, 0.6) is 0 Å². The summed E-state index contributed by atoms with van der Waals surface area (Å²) in [6, 6.07) is 8.20. The Morgan fingerprint density at radius 3 is 2.36 bits per heavy atom. The van der Waals surface area contributed by atoms with Crippen molar-refractivity contribution in [3.05, 3.63) is 35.7 Å². The van der Waals surface area contributed by atoms with Crippen molar-refractivity contribution >= 4 is 0 Å². The number of hydrogen-bond donors (Lipinski definition) is 0. The minimum absolute atomic E-state index is 0.931. The van der Waals surface area contributed by atoms with Crippen LogP contribution in [-0.4, -0.2) is 14.8 Å². The van der Waals surface area contributed by atoms with Crippen molar-refractivity contribution < 1.29 is 0 Å². The fourth-order valence-corrected chi connectivity index (χ4v) is 1.47. The van der Waals surface area contributed by atoms with Crippen LogP contribution in [0.4, 0.5) is 0 Å². The summed E-state index contributed by atoms with van der Waals surface area (Å²) in [5, 5.41) is 8.21. The van der Waals surface area contributed by atoms with E-state index in [9.17, 15) is 0 Å². The SMILES string of the molecule is Cc1ccccc1-c1nnc(C)n1C. The Hall–Kier alpha value is -1.64. The van der Waals surface area contributed by atoms with Gasteiger partial charge in [0, 0.05) is 12.6 Å². The van der Waals surface area contributed by atoms with Gasteiger partial charge in [0.05, 0.1) is 0 Å². The zero-order chi connectivity index (χ0) is 10.1. The maximum atomic E-state index is 4.16. The van der Waals surface area contributed by atoms with E-state index in [1.54, 1.807) is 0 Å². The Bertz CT molecular complexity index is 457. The van der Waals surface area contributed by atoms with Crippen molar-refractivity contribution in [1.82, 2.24) is 14.8 Å². The second-order valence-electron chi connectivity index (χ2n) is 3.44. The average Bonchev–Trinajstić information content (AvgIpc) is 2.49. The molecule has 3 nitrogen and oxygen atoms in total. The lowest BCUT2D eigenvalue weighted by Gasteiger charge is -2.04. The normalized spacial score (nSPS) is 10.5. The molecule has 0 saturated heterocycles. The van der Waals surface area contributed by atoms with Gasteiger partial charge in [-0.2, -0.15) is 0 Å². The van der Waals surface area contributed by atoms with Gasteiger partial charge in [-0.25, -0.2) is 0 Å². The van der Waals surface area contributed by atoms with Gasteiger partial charge in [0.2, 0.25) is 0 Å². The molecule has 0 amide bonds. The molecule has 1 aromatic carbocycles. The van der Waals surface area contributed by atoms with Crippen molar-refractivity contribution in [1.29, 1.82) is 0 Å². The molecule has 2 aromatic rings. The molecular formula is C11H13N3. The molecule has 0 N–H and O–H groups in total. The highest BCUT2D eigenvalue weighted by Crippen LogP contribution is 2.20. The highest BCUT2D eigenvalue weighted by atomic mass is 15.3. The molecule has 0 fully saturated rings. The number of rotatable bonds is 1. The highest BCUT2D eigenvalue weighted by Gasteiger charge is 2.08. The Morgan fingerprint density at radius 2 is 1.79 bits per heavy atom. The van der Waals surface area contributed by atoms with Crippen molar-refractivity contribution in [2.24, 2.45) is 7.05 Å². The summed E-state index contributed by atoms with van der Waals surface area (Å²) < 4.78 is 2.00. The Kier molecular flexibility index (Phi) is 2.08. The fraction of sp³-hybridized carbons (Fsp3) is 0.273. The Balaban J connectivity index is 2.60. The lowest BCUT2D eigenvalue weighted by Crippen LogP contribution is -1.96. The molecule has 1 heterocycles. The number of aryl methyl sites for hydroxylation is 2. The molecular weight excluding hydrogens is 174 g/mol. The lowest BCUT2D eigenvalue weighted by molar-refractivity contribution is 0.864. The molecule has 0 saturated carbocycles. The first-order valence-electron chi connectivity index (χ1n) is 4.62. The number of aromatic nitrogens is 3. The van der Waals surface area contributed by atoms with E-state index in [1.165, 1.54) is 5.56 Å². The van der Waals surface area contributed by atoms with Crippen molar-refractivity contribution in [3.8, 4) is 11.4 Å². The molecule has 14 heavy (non-hydrogen) atoms. The van der Waals surface area contributed by atoms with Gasteiger partial charge < -0.3 is 4.57 Å². The molecule has 0 bridgehead atoms. The maximum absolute atomic E-state index is 4.16. The monoisotopic (exact) mass is 187 g/mol.